The van der Waals surface area contributed by atoms with Crippen molar-refractivity contribution in [2.24, 2.45) is 5.41 Å². The summed E-state index contributed by atoms with van der Waals surface area (Å²) in [4.78, 5) is 32.9. The maximum absolute atomic E-state index is 14.0. The number of rotatable bonds is 6. The van der Waals surface area contributed by atoms with Gasteiger partial charge in [0.1, 0.15) is 17.5 Å². The molecule has 0 saturated carbocycles. The number of pyridine rings is 1. The molecular formula is C30H40FN7O2. The highest BCUT2D eigenvalue weighted by atomic mass is 19.1. The van der Waals surface area contributed by atoms with E-state index < -0.39 is 5.82 Å². The molecule has 2 aliphatic heterocycles. The van der Waals surface area contributed by atoms with Crippen LogP contribution in [0.1, 0.15) is 47.0 Å². The number of carbonyl (C=O) groups excluding carboxylic acids is 1. The number of anilines is 2. The number of nitrogens with one attached hydrogen (secondary N) is 1. The fourth-order valence-corrected chi connectivity index (χ4v) is 6.54. The maximum Gasteiger partial charge on any atom is 0.254 e. The fraction of sp³-hybridized carbons (Fsp3) is 0.533. The first-order chi connectivity index (χ1) is 19.2. The van der Waals surface area contributed by atoms with Crippen molar-refractivity contribution >= 4 is 17.5 Å². The number of aliphatic hydroxyl groups is 1. The highest BCUT2D eigenvalue weighted by Crippen LogP contribution is 2.43. The molecule has 2 N–H and O–H groups in total. The van der Waals surface area contributed by atoms with Crippen LogP contribution >= 0.6 is 0 Å². The van der Waals surface area contributed by atoms with Crippen LogP contribution in [-0.4, -0.2) is 82.3 Å². The Morgan fingerprint density at radius 1 is 1.07 bits per heavy atom. The molecule has 0 spiro atoms. The van der Waals surface area contributed by atoms with E-state index in [1.807, 2.05) is 16.0 Å². The zero-order valence-corrected chi connectivity index (χ0v) is 23.9. The third kappa shape index (κ3) is 5.68. The summed E-state index contributed by atoms with van der Waals surface area (Å²) in [5.41, 5.74) is 3.92. The number of aliphatic hydroxyl groups excluding tert-OH is 1. The molecule has 2 saturated heterocycles. The van der Waals surface area contributed by atoms with Crippen LogP contribution in [0.4, 0.5) is 16.0 Å². The Balaban J connectivity index is 1.30. The van der Waals surface area contributed by atoms with Crippen LogP contribution in [0.3, 0.4) is 0 Å². The van der Waals surface area contributed by atoms with E-state index in [4.69, 9.17) is 0 Å². The number of piperazine rings is 1. The Labute approximate surface area is 235 Å². The molecule has 3 aliphatic rings. The van der Waals surface area contributed by atoms with E-state index in [1.54, 1.807) is 18.5 Å². The Morgan fingerprint density at radius 3 is 2.50 bits per heavy atom. The number of nitrogens with zero attached hydrogens (tertiary/aromatic N) is 6. The lowest BCUT2D eigenvalue weighted by Gasteiger charge is -2.44. The average molecular weight is 550 g/mol. The van der Waals surface area contributed by atoms with Gasteiger partial charge in [-0.05, 0) is 50.8 Å². The van der Waals surface area contributed by atoms with Crippen LogP contribution in [0.5, 0.6) is 0 Å². The molecule has 2 aromatic rings. The number of halogens is 1. The topological polar surface area (TPSA) is 97.7 Å². The summed E-state index contributed by atoms with van der Waals surface area (Å²) in [7, 11) is 0. The van der Waals surface area contributed by atoms with Crippen molar-refractivity contribution in [3.8, 4) is 0 Å². The molecule has 2 fully saturated rings. The molecule has 4 heterocycles. The minimum Gasteiger partial charge on any atom is -0.394 e. The van der Waals surface area contributed by atoms with Crippen LogP contribution in [0, 0.1) is 11.2 Å². The van der Waals surface area contributed by atoms with Gasteiger partial charge in [-0.2, -0.15) is 0 Å². The number of hydrogen-bond acceptors (Lipinski definition) is 8. The number of allylic oxidation sites excluding steroid dienone is 2. The van der Waals surface area contributed by atoms with Crippen LogP contribution in [0.25, 0.3) is 0 Å². The van der Waals surface area contributed by atoms with Gasteiger partial charge < -0.3 is 25.1 Å². The van der Waals surface area contributed by atoms with Gasteiger partial charge in [-0.3, -0.25) is 9.78 Å². The Kier molecular flexibility index (Phi) is 8.07. The number of hydrogen-bond donors (Lipinski definition) is 2. The van der Waals surface area contributed by atoms with Crippen molar-refractivity contribution in [3.63, 3.8) is 0 Å². The maximum atomic E-state index is 14.0. The van der Waals surface area contributed by atoms with Gasteiger partial charge in [0.05, 0.1) is 25.0 Å². The van der Waals surface area contributed by atoms with Gasteiger partial charge in [-0.15, -0.1) is 0 Å². The number of carbonyl (C=O) groups is 1. The summed E-state index contributed by atoms with van der Waals surface area (Å²) in [6.45, 7) is 11.7. The van der Waals surface area contributed by atoms with Gasteiger partial charge in [-0.1, -0.05) is 19.4 Å². The van der Waals surface area contributed by atoms with E-state index in [-0.39, 0.29) is 24.0 Å². The second kappa shape index (κ2) is 11.5. The monoisotopic (exact) mass is 549 g/mol. The van der Waals surface area contributed by atoms with Crippen LogP contribution in [0.2, 0.25) is 0 Å². The number of piperidine rings is 1. The molecule has 2 aromatic heterocycles. The minimum atomic E-state index is -0.400. The van der Waals surface area contributed by atoms with E-state index in [9.17, 15) is 14.3 Å². The third-order valence-corrected chi connectivity index (χ3v) is 8.48. The Bertz CT molecular complexity index is 1270. The molecule has 5 rings (SSSR count). The van der Waals surface area contributed by atoms with Gasteiger partial charge in [0.2, 0.25) is 0 Å². The summed E-state index contributed by atoms with van der Waals surface area (Å²) < 4.78 is 13.4. The van der Waals surface area contributed by atoms with Gasteiger partial charge in [0.25, 0.3) is 5.91 Å². The van der Waals surface area contributed by atoms with E-state index in [0.717, 1.165) is 60.6 Å². The molecule has 10 heteroatoms. The van der Waals surface area contributed by atoms with Crippen LogP contribution in [0.15, 0.2) is 59.3 Å². The zero-order valence-electron chi connectivity index (χ0n) is 23.9. The lowest BCUT2D eigenvalue weighted by molar-refractivity contribution is -0.128. The standard InChI is InChI=1S/C30H40FN7O2/c1-20-15-30(3,4)28(35-23-7-11-36(12-8-23)26-17-32-9-10-33-26)21(2)27(20)29(40)37-13-14-38(24(18-37)19-39)25-6-5-22(31)16-34-25/h5-6,9-10,16-17,23-24,35,39H,7-8,11-15,18-19H2,1-4H3/t24-/m0/s1. The minimum absolute atomic E-state index is 0.00689. The van der Waals surface area contributed by atoms with E-state index >= 15 is 0 Å². The van der Waals surface area contributed by atoms with Crippen molar-refractivity contribution in [1.82, 2.24) is 25.2 Å². The lowest BCUT2D eigenvalue weighted by atomic mass is 9.73. The van der Waals surface area contributed by atoms with Gasteiger partial charge in [0, 0.05) is 67.8 Å². The van der Waals surface area contributed by atoms with Gasteiger partial charge in [0.15, 0.2) is 0 Å². The van der Waals surface area contributed by atoms with Gasteiger partial charge >= 0.3 is 0 Å². The molecule has 40 heavy (non-hydrogen) atoms. The largest absolute Gasteiger partial charge is 0.394 e. The number of amides is 1. The van der Waals surface area contributed by atoms with E-state index in [2.05, 4.69) is 52.9 Å². The SMILES string of the molecule is CC1=C(C(=O)N2CCN(c3ccc(F)cn3)[C@H](CO)C2)C(C)=C(NC2CCN(c3cnccn3)CC2)C(C)(C)C1. The van der Waals surface area contributed by atoms with Crippen molar-refractivity contribution in [2.45, 2.75) is 59.0 Å². The number of aromatic nitrogens is 3. The quantitative estimate of drug-likeness (QED) is 0.567. The van der Waals surface area contributed by atoms with Crippen LogP contribution < -0.4 is 15.1 Å². The molecule has 0 aromatic carbocycles. The highest BCUT2D eigenvalue weighted by molar-refractivity contribution is 5.99. The molecule has 1 atom stereocenters. The summed E-state index contributed by atoms with van der Waals surface area (Å²) in [5.74, 6) is 1.13. The molecule has 0 unspecified atom stereocenters. The first kappa shape index (κ1) is 28.0. The van der Waals surface area contributed by atoms with Gasteiger partial charge in [-0.25, -0.2) is 14.4 Å². The predicted octanol–water partition coefficient (Wildman–Crippen LogP) is 3.30. The average Bonchev–Trinajstić information content (AvgIpc) is 2.96. The summed E-state index contributed by atoms with van der Waals surface area (Å²) in [6, 6.07) is 3.00. The predicted molar refractivity (Wildman–Crippen MR) is 153 cm³/mol. The summed E-state index contributed by atoms with van der Waals surface area (Å²) in [6.07, 6.45) is 9.18. The molecular weight excluding hydrogens is 509 g/mol. The lowest BCUT2D eigenvalue weighted by Crippen LogP contribution is -2.57. The molecule has 1 aliphatic carbocycles. The fourth-order valence-electron chi connectivity index (χ4n) is 6.54. The van der Waals surface area contributed by atoms with Crippen molar-refractivity contribution < 1.29 is 14.3 Å². The Hall–Kier alpha value is -3.53. The molecule has 0 bridgehead atoms. The normalized spacial score (nSPS) is 22.1. The molecule has 214 valence electrons. The van der Waals surface area contributed by atoms with Crippen molar-refractivity contribution in [1.29, 1.82) is 0 Å². The summed E-state index contributed by atoms with van der Waals surface area (Å²) in [5, 5.41) is 14.0. The van der Waals surface area contributed by atoms with E-state index in [1.165, 1.54) is 12.3 Å². The molecule has 0 radical (unpaired) electrons. The smallest absolute Gasteiger partial charge is 0.254 e. The van der Waals surface area contributed by atoms with Crippen molar-refractivity contribution in [2.75, 3.05) is 49.1 Å². The highest BCUT2D eigenvalue weighted by Gasteiger charge is 2.38. The molecule has 1 amide bonds. The van der Waals surface area contributed by atoms with E-state index in [0.29, 0.717) is 31.5 Å². The Morgan fingerprint density at radius 2 is 1.85 bits per heavy atom. The second-order valence-electron chi connectivity index (χ2n) is 11.8. The first-order valence-corrected chi connectivity index (χ1v) is 14.1. The first-order valence-electron chi connectivity index (χ1n) is 14.1. The second-order valence-corrected chi connectivity index (χ2v) is 11.8. The van der Waals surface area contributed by atoms with Crippen molar-refractivity contribution in [3.05, 3.63) is 65.2 Å². The zero-order chi connectivity index (χ0) is 28.4. The molecule has 9 nitrogen and oxygen atoms in total. The third-order valence-electron chi connectivity index (χ3n) is 8.48. The van der Waals surface area contributed by atoms with Crippen LogP contribution in [-0.2, 0) is 4.79 Å². The summed E-state index contributed by atoms with van der Waals surface area (Å²) >= 11 is 0.